The Balaban J connectivity index is 2.06. The molecule has 0 saturated carbocycles. The molecule has 1 aliphatic rings. The Morgan fingerprint density at radius 1 is 0.930 bits per heavy atom. The Morgan fingerprint density at radius 3 is 2.02 bits per heavy atom. The lowest BCUT2D eigenvalue weighted by atomic mass is 10.0. The number of carboxylic acids is 1. The second-order valence-electron chi connectivity index (χ2n) is 10.1. The molecule has 0 aromatic heterocycles. The van der Waals surface area contributed by atoms with Crippen LogP contribution in [0.4, 0.5) is 0 Å². The summed E-state index contributed by atoms with van der Waals surface area (Å²) in [6.45, 7) is 4.48. The molecule has 6 unspecified atom stereocenters. The molecular weight excluding hydrogens is 568 g/mol. The topological polar surface area (TPSA) is 294 Å². The average molecular weight is 607 g/mol. The first-order valence-electron chi connectivity index (χ1n) is 13.2. The van der Waals surface area contributed by atoms with Gasteiger partial charge < -0.3 is 58.1 Å². The van der Waals surface area contributed by atoms with Crippen molar-refractivity contribution in [2.75, 3.05) is 13.1 Å². The summed E-state index contributed by atoms with van der Waals surface area (Å²) in [7, 11) is 0. The highest BCUT2D eigenvalue weighted by atomic mass is 16.4. The maximum absolute atomic E-state index is 13.1. The van der Waals surface area contributed by atoms with Crippen LogP contribution < -0.4 is 32.7 Å². The number of nitrogens with two attached hydrogens (primary N) is 2. The molecule has 0 spiro atoms. The number of phenols is 2. The molecule has 1 aliphatic heterocycles. The second-order valence-corrected chi connectivity index (χ2v) is 10.1. The maximum atomic E-state index is 13.1. The molecule has 1 aromatic rings. The van der Waals surface area contributed by atoms with Crippen molar-refractivity contribution in [1.29, 1.82) is 5.41 Å². The van der Waals surface area contributed by atoms with Crippen LogP contribution in [0.25, 0.3) is 0 Å². The summed E-state index contributed by atoms with van der Waals surface area (Å²) >= 11 is 0. The predicted molar refractivity (Wildman–Crippen MR) is 151 cm³/mol. The van der Waals surface area contributed by atoms with Crippen LogP contribution in [0.3, 0.4) is 0 Å². The van der Waals surface area contributed by atoms with Crippen LogP contribution >= 0.6 is 0 Å². The van der Waals surface area contributed by atoms with Crippen LogP contribution in [0.2, 0.25) is 0 Å². The predicted octanol–water partition coefficient (Wildman–Crippen LogP) is -2.93. The van der Waals surface area contributed by atoms with Gasteiger partial charge in [-0.2, -0.15) is 0 Å². The van der Waals surface area contributed by atoms with E-state index in [1.807, 2.05) is 0 Å². The molecule has 17 nitrogen and oxygen atoms in total. The zero-order chi connectivity index (χ0) is 32.6. The fourth-order valence-corrected chi connectivity index (χ4v) is 3.96. The number of aliphatic hydroxyl groups is 1. The number of aliphatic hydroxyl groups excluding tert-OH is 1. The number of hydrogen-bond donors (Lipinski definition) is 11. The van der Waals surface area contributed by atoms with E-state index in [2.05, 4.69) is 21.3 Å². The highest BCUT2D eigenvalue weighted by Gasteiger charge is 2.31. The molecule has 2 rings (SSSR count). The van der Waals surface area contributed by atoms with Crippen molar-refractivity contribution in [2.24, 2.45) is 11.5 Å². The van der Waals surface area contributed by atoms with E-state index in [0.29, 0.717) is 12.1 Å². The SMILES string of the molecule is CC(NC(=O)C(C)NC(=O)C(CC1=CCN(C(=N)N)C1)NC(=O)C(N)C(C)O)C(=O)NC(C(=O)O)c1ccc(O)c(O)c1. The number of carboxylic acid groups (broad SMARTS) is 1. The summed E-state index contributed by atoms with van der Waals surface area (Å²) in [5.41, 5.74) is 11.8. The number of carbonyl (C=O) groups excluding carboxylic acids is 4. The number of amides is 4. The Kier molecular flexibility index (Phi) is 11.8. The number of aliphatic carboxylic acids is 1. The van der Waals surface area contributed by atoms with Crippen molar-refractivity contribution in [3.8, 4) is 11.5 Å². The molecular formula is C26H38N8O9. The maximum Gasteiger partial charge on any atom is 0.330 e. The van der Waals surface area contributed by atoms with Gasteiger partial charge in [0.25, 0.3) is 0 Å². The molecule has 1 heterocycles. The van der Waals surface area contributed by atoms with Gasteiger partial charge in [-0.25, -0.2) is 4.79 Å². The van der Waals surface area contributed by atoms with Gasteiger partial charge in [-0.3, -0.25) is 24.6 Å². The molecule has 0 bridgehead atoms. The van der Waals surface area contributed by atoms with Gasteiger partial charge in [0.15, 0.2) is 23.5 Å². The van der Waals surface area contributed by atoms with E-state index in [-0.39, 0.29) is 24.5 Å². The van der Waals surface area contributed by atoms with E-state index >= 15 is 0 Å². The molecule has 43 heavy (non-hydrogen) atoms. The number of hydrogen-bond acceptors (Lipinski definition) is 10. The molecule has 236 valence electrons. The highest BCUT2D eigenvalue weighted by molar-refractivity contribution is 5.95. The monoisotopic (exact) mass is 606 g/mol. The van der Waals surface area contributed by atoms with E-state index in [9.17, 15) is 44.4 Å². The van der Waals surface area contributed by atoms with E-state index < -0.39 is 77.4 Å². The first-order valence-corrected chi connectivity index (χ1v) is 13.2. The van der Waals surface area contributed by atoms with Crippen molar-refractivity contribution in [1.82, 2.24) is 26.2 Å². The number of nitrogens with one attached hydrogen (secondary N) is 5. The van der Waals surface area contributed by atoms with E-state index in [0.717, 1.165) is 12.1 Å². The third kappa shape index (κ3) is 9.57. The average Bonchev–Trinajstić information content (AvgIpc) is 3.40. The van der Waals surface area contributed by atoms with Crippen molar-refractivity contribution in [3.05, 3.63) is 35.4 Å². The minimum atomic E-state index is -1.61. The van der Waals surface area contributed by atoms with Gasteiger partial charge in [0.1, 0.15) is 24.2 Å². The first kappa shape index (κ1) is 34.3. The molecule has 0 radical (unpaired) electrons. The summed E-state index contributed by atoms with van der Waals surface area (Å²) in [6.07, 6.45) is 0.521. The normalized spacial score (nSPS) is 16.9. The summed E-state index contributed by atoms with van der Waals surface area (Å²) in [5, 5.41) is 55.4. The summed E-state index contributed by atoms with van der Waals surface area (Å²) < 4.78 is 0. The van der Waals surface area contributed by atoms with Gasteiger partial charge in [0.2, 0.25) is 23.6 Å². The van der Waals surface area contributed by atoms with Crippen LogP contribution in [-0.2, 0) is 24.0 Å². The number of aromatic hydroxyl groups is 2. The van der Waals surface area contributed by atoms with Crippen molar-refractivity contribution >= 4 is 35.6 Å². The fraction of sp³-hybridized carbons (Fsp3) is 0.462. The second kappa shape index (κ2) is 14.8. The zero-order valence-electron chi connectivity index (χ0n) is 23.8. The molecule has 4 amide bonds. The Morgan fingerprint density at radius 2 is 1.51 bits per heavy atom. The summed E-state index contributed by atoms with van der Waals surface area (Å²) in [4.78, 5) is 64.4. The number of benzene rings is 1. The fourth-order valence-electron chi connectivity index (χ4n) is 3.96. The van der Waals surface area contributed by atoms with Gasteiger partial charge in [-0.15, -0.1) is 0 Å². The zero-order valence-corrected chi connectivity index (χ0v) is 23.8. The largest absolute Gasteiger partial charge is 0.504 e. The van der Waals surface area contributed by atoms with Crippen LogP contribution in [0.15, 0.2) is 29.8 Å². The van der Waals surface area contributed by atoms with E-state index in [1.165, 1.54) is 31.7 Å². The minimum Gasteiger partial charge on any atom is -0.504 e. The van der Waals surface area contributed by atoms with Gasteiger partial charge in [-0.05, 0) is 44.9 Å². The Hall–Kier alpha value is -4.90. The minimum absolute atomic E-state index is 0.00950. The van der Waals surface area contributed by atoms with Crippen LogP contribution in [-0.4, -0.2) is 104 Å². The highest BCUT2D eigenvalue weighted by Crippen LogP contribution is 2.28. The van der Waals surface area contributed by atoms with E-state index in [4.69, 9.17) is 16.9 Å². The number of nitrogens with zero attached hydrogens (tertiary/aromatic N) is 1. The van der Waals surface area contributed by atoms with Crippen LogP contribution in [0.5, 0.6) is 11.5 Å². The van der Waals surface area contributed by atoms with Crippen LogP contribution in [0, 0.1) is 5.41 Å². The van der Waals surface area contributed by atoms with E-state index in [1.54, 1.807) is 6.08 Å². The Bertz CT molecular complexity index is 1290. The van der Waals surface area contributed by atoms with Gasteiger partial charge in [0.05, 0.1) is 6.10 Å². The lowest BCUT2D eigenvalue weighted by molar-refractivity contribution is -0.142. The van der Waals surface area contributed by atoms with Gasteiger partial charge in [0, 0.05) is 13.1 Å². The molecule has 1 aromatic carbocycles. The number of carbonyl (C=O) groups is 5. The quantitative estimate of drug-likeness (QED) is 0.0465. The molecule has 17 heteroatoms. The lowest BCUT2D eigenvalue weighted by Crippen LogP contribution is -2.57. The van der Waals surface area contributed by atoms with Crippen molar-refractivity contribution < 1.29 is 44.4 Å². The number of rotatable bonds is 13. The van der Waals surface area contributed by atoms with Crippen LogP contribution in [0.1, 0.15) is 38.8 Å². The molecule has 13 N–H and O–H groups in total. The summed E-state index contributed by atoms with van der Waals surface area (Å²) in [6, 6.07) is -3.43. The molecule has 0 fully saturated rings. The number of phenolic OH excluding ortho intramolecular Hbond substituents is 2. The molecule has 0 saturated heterocycles. The molecule has 0 aliphatic carbocycles. The van der Waals surface area contributed by atoms with Crippen molar-refractivity contribution in [3.63, 3.8) is 0 Å². The first-order chi connectivity index (χ1) is 20.0. The number of guanidine groups is 1. The third-order valence-corrected chi connectivity index (χ3v) is 6.63. The van der Waals surface area contributed by atoms with Gasteiger partial charge in [-0.1, -0.05) is 17.7 Å². The third-order valence-electron chi connectivity index (χ3n) is 6.63. The Labute approximate surface area is 246 Å². The smallest absolute Gasteiger partial charge is 0.330 e. The van der Waals surface area contributed by atoms with Gasteiger partial charge >= 0.3 is 5.97 Å². The standard InChI is InChI=1S/C26H38N8O9/c1-11(21(38)30-12(2)22(39)33-20(25(42)43)15-4-5-17(36)18(37)9-15)31-23(40)16(32-24(41)19(27)13(3)35)8-14-6-7-34(10-14)26(28)29/h4-6,9,11-13,16,19-20,35-37H,7-8,10,27H2,1-3H3,(H3,28,29)(H,30,38)(H,31,40)(H,32,41)(H,33,39)(H,42,43). The lowest BCUT2D eigenvalue weighted by Gasteiger charge is -2.25. The van der Waals surface area contributed by atoms with Crippen molar-refractivity contribution in [2.45, 2.75) is 63.5 Å². The molecule has 6 atom stereocenters. The summed E-state index contributed by atoms with van der Waals surface area (Å²) in [5.74, 6) is -6.00.